The van der Waals surface area contributed by atoms with Crippen LogP contribution >= 0.6 is 11.8 Å². The minimum Gasteiger partial charge on any atom is -0.379 e. The normalized spacial score (nSPS) is 21.2. The second-order valence-electron chi connectivity index (χ2n) is 8.23. The van der Waals surface area contributed by atoms with Gasteiger partial charge in [-0.15, -0.1) is 16.9 Å². The molecule has 32 heavy (non-hydrogen) atoms. The molecule has 1 N–H and O–H groups in total. The monoisotopic (exact) mass is 455 g/mol. The molecule has 0 bridgehead atoms. The molecule has 0 unspecified atom stereocenters. The van der Waals surface area contributed by atoms with Crippen LogP contribution in [0.2, 0.25) is 0 Å². The number of hydrogen-bond donors (Lipinski definition) is 1. The van der Waals surface area contributed by atoms with Crippen molar-refractivity contribution in [1.29, 1.82) is 0 Å². The Hall–Kier alpha value is -2.65. The van der Waals surface area contributed by atoms with Gasteiger partial charge in [-0.25, -0.2) is 13.9 Å². The van der Waals surface area contributed by atoms with Crippen molar-refractivity contribution in [2.75, 3.05) is 30.9 Å². The van der Waals surface area contributed by atoms with Gasteiger partial charge in [-0.3, -0.25) is 4.79 Å². The zero-order valence-electron chi connectivity index (χ0n) is 18.0. The SMILES string of the molecule is CSc1ccc(F)cc1[C@H]1CCCN1c1ccc2ncc(C(=O)N[C@@H]3CCCOC3)n2n1. The molecule has 5 rings (SSSR count). The topological polar surface area (TPSA) is 71.8 Å². The summed E-state index contributed by atoms with van der Waals surface area (Å²) in [4.78, 5) is 20.5. The maximum atomic E-state index is 14.1. The molecule has 2 fully saturated rings. The highest BCUT2D eigenvalue weighted by Crippen LogP contribution is 2.39. The van der Waals surface area contributed by atoms with E-state index in [0.29, 0.717) is 17.9 Å². The van der Waals surface area contributed by atoms with Gasteiger partial charge in [0, 0.05) is 18.0 Å². The third-order valence-electron chi connectivity index (χ3n) is 6.17. The molecule has 168 valence electrons. The highest BCUT2D eigenvalue weighted by atomic mass is 32.2. The summed E-state index contributed by atoms with van der Waals surface area (Å²) < 4.78 is 21.1. The smallest absolute Gasteiger partial charge is 0.271 e. The fourth-order valence-corrected chi connectivity index (χ4v) is 5.25. The second-order valence-corrected chi connectivity index (χ2v) is 9.08. The number of nitrogens with one attached hydrogen (secondary N) is 1. The third-order valence-corrected chi connectivity index (χ3v) is 6.99. The van der Waals surface area contributed by atoms with Crippen LogP contribution in [0, 0.1) is 5.82 Å². The van der Waals surface area contributed by atoms with Crippen molar-refractivity contribution in [2.24, 2.45) is 0 Å². The van der Waals surface area contributed by atoms with Crippen LogP contribution in [0.4, 0.5) is 10.2 Å². The molecule has 2 atom stereocenters. The number of nitrogens with zero attached hydrogens (tertiary/aromatic N) is 4. The Kier molecular flexibility index (Phi) is 6.01. The Balaban J connectivity index is 1.45. The van der Waals surface area contributed by atoms with Gasteiger partial charge in [0.05, 0.1) is 24.9 Å². The number of aromatic nitrogens is 3. The van der Waals surface area contributed by atoms with E-state index in [2.05, 4.69) is 15.2 Å². The maximum absolute atomic E-state index is 14.1. The van der Waals surface area contributed by atoms with Crippen molar-refractivity contribution in [3.63, 3.8) is 0 Å². The molecule has 2 aromatic heterocycles. The fraction of sp³-hybridized carbons (Fsp3) is 0.435. The number of carbonyl (C=O) groups excluding carboxylic acids is 1. The zero-order valence-corrected chi connectivity index (χ0v) is 18.8. The second kappa shape index (κ2) is 9.07. The van der Waals surface area contributed by atoms with Gasteiger partial charge >= 0.3 is 0 Å². The molecule has 2 aliphatic heterocycles. The van der Waals surface area contributed by atoms with E-state index in [-0.39, 0.29) is 23.8 Å². The molecule has 4 heterocycles. The number of rotatable bonds is 5. The van der Waals surface area contributed by atoms with Gasteiger partial charge in [0.15, 0.2) is 11.3 Å². The van der Waals surface area contributed by atoms with Crippen molar-refractivity contribution in [1.82, 2.24) is 19.9 Å². The predicted molar refractivity (Wildman–Crippen MR) is 122 cm³/mol. The van der Waals surface area contributed by atoms with E-state index in [0.717, 1.165) is 55.1 Å². The number of anilines is 1. The average Bonchev–Trinajstić information content (AvgIpc) is 3.46. The lowest BCUT2D eigenvalue weighted by Gasteiger charge is -2.27. The van der Waals surface area contributed by atoms with Gasteiger partial charge in [0.1, 0.15) is 11.6 Å². The maximum Gasteiger partial charge on any atom is 0.271 e. The van der Waals surface area contributed by atoms with Crippen LogP contribution in [0.25, 0.3) is 5.65 Å². The van der Waals surface area contributed by atoms with Crippen molar-refractivity contribution in [3.05, 3.63) is 53.6 Å². The molecule has 2 saturated heterocycles. The Labute approximate surface area is 190 Å². The van der Waals surface area contributed by atoms with Crippen LogP contribution in [-0.2, 0) is 4.74 Å². The molecule has 1 amide bonds. The number of hydrogen-bond acceptors (Lipinski definition) is 6. The first-order valence-corrected chi connectivity index (χ1v) is 12.2. The average molecular weight is 456 g/mol. The third kappa shape index (κ3) is 4.06. The van der Waals surface area contributed by atoms with Crippen molar-refractivity contribution < 1.29 is 13.9 Å². The van der Waals surface area contributed by atoms with Crippen LogP contribution < -0.4 is 10.2 Å². The number of amides is 1. The minimum atomic E-state index is -0.228. The van der Waals surface area contributed by atoms with Crippen LogP contribution in [0.3, 0.4) is 0 Å². The van der Waals surface area contributed by atoms with Crippen LogP contribution in [0.15, 0.2) is 41.4 Å². The predicted octanol–water partition coefficient (Wildman–Crippen LogP) is 3.84. The molecular formula is C23H26FN5O2S. The zero-order chi connectivity index (χ0) is 22.1. The molecule has 2 aliphatic rings. The summed E-state index contributed by atoms with van der Waals surface area (Å²) in [5.41, 5.74) is 2.00. The van der Waals surface area contributed by atoms with Gasteiger partial charge in [0.25, 0.3) is 5.91 Å². The van der Waals surface area contributed by atoms with E-state index < -0.39 is 0 Å². The Morgan fingerprint density at radius 3 is 2.97 bits per heavy atom. The summed E-state index contributed by atoms with van der Waals surface area (Å²) in [5, 5.41) is 7.81. The van der Waals surface area contributed by atoms with E-state index in [1.165, 1.54) is 6.07 Å². The van der Waals surface area contributed by atoms with E-state index in [1.54, 1.807) is 28.5 Å². The molecule has 0 saturated carbocycles. The quantitative estimate of drug-likeness (QED) is 0.590. The van der Waals surface area contributed by atoms with E-state index in [9.17, 15) is 9.18 Å². The Morgan fingerprint density at radius 2 is 2.16 bits per heavy atom. The molecule has 0 radical (unpaired) electrons. The highest BCUT2D eigenvalue weighted by Gasteiger charge is 2.30. The summed E-state index contributed by atoms with van der Waals surface area (Å²) in [6.45, 7) is 2.10. The minimum absolute atomic E-state index is 0.00545. The molecular weight excluding hydrogens is 429 g/mol. The lowest BCUT2D eigenvalue weighted by molar-refractivity contribution is 0.0621. The molecule has 1 aromatic carbocycles. The molecule has 7 nitrogen and oxygen atoms in total. The summed E-state index contributed by atoms with van der Waals surface area (Å²) in [7, 11) is 0. The summed E-state index contributed by atoms with van der Waals surface area (Å²) in [5.74, 6) is 0.322. The van der Waals surface area contributed by atoms with Crippen molar-refractivity contribution in [2.45, 2.75) is 42.7 Å². The summed E-state index contributed by atoms with van der Waals surface area (Å²) >= 11 is 1.62. The van der Waals surface area contributed by atoms with Gasteiger partial charge in [-0.2, -0.15) is 0 Å². The standard InChI is InChI=1S/C23H26FN5O2S/c1-32-20-7-6-15(24)12-17(20)18-5-2-10-28(18)22-9-8-21-25-13-19(29(21)27-22)23(30)26-16-4-3-11-31-14-16/h6-9,12-13,16,18H,2-5,10-11,14H2,1H3,(H,26,30)/t16-,18-/m1/s1. The van der Waals surface area contributed by atoms with Crippen LogP contribution in [-0.4, -0.2) is 52.6 Å². The van der Waals surface area contributed by atoms with Gasteiger partial charge in [-0.05, 0) is 67.8 Å². The number of thioether (sulfide) groups is 1. The molecule has 0 spiro atoms. The van der Waals surface area contributed by atoms with Gasteiger partial charge < -0.3 is 15.0 Å². The molecule has 3 aromatic rings. The first-order chi connectivity index (χ1) is 15.6. The fourth-order valence-electron chi connectivity index (χ4n) is 4.62. The van der Waals surface area contributed by atoms with Crippen LogP contribution in [0.1, 0.15) is 47.8 Å². The number of fused-ring (bicyclic) bond motifs is 1. The highest BCUT2D eigenvalue weighted by molar-refractivity contribution is 7.98. The van der Waals surface area contributed by atoms with Crippen LogP contribution in [0.5, 0.6) is 0 Å². The van der Waals surface area contributed by atoms with Crippen molar-refractivity contribution >= 4 is 29.1 Å². The molecule has 0 aliphatic carbocycles. The van der Waals surface area contributed by atoms with E-state index in [4.69, 9.17) is 9.84 Å². The van der Waals surface area contributed by atoms with Gasteiger partial charge in [0.2, 0.25) is 0 Å². The first kappa shape index (κ1) is 21.2. The number of imidazole rings is 1. The summed E-state index contributed by atoms with van der Waals surface area (Å²) in [6, 6.07) is 8.83. The number of carbonyl (C=O) groups is 1. The number of ether oxygens (including phenoxy) is 1. The molecule has 9 heteroatoms. The summed E-state index contributed by atoms with van der Waals surface area (Å²) in [6.07, 6.45) is 7.33. The lowest BCUT2D eigenvalue weighted by atomic mass is 10.0. The Bertz CT molecular complexity index is 1130. The first-order valence-electron chi connectivity index (χ1n) is 11.0. The number of benzene rings is 1. The van der Waals surface area contributed by atoms with Crippen molar-refractivity contribution in [3.8, 4) is 0 Å². The lowest BCUT2D eigenvalue weighted by Crippen LogP contribution is -2.41. The van der Waals surface area contributed by atoms with Gasteiger partial charge in [-0.1, -0.05) is 0 Å². The largest absolute Gasteiger partial charge is 0.379 e. The van der Waals surface area contributed by atoms with E-state index in [1.807, 2.05) is 24.5 Å². The Morgan fingerprint density at radius 1 is 1.25 bits per heavy atom. The number of halogens is 1. The van der Waals surface area contributed by atoms with E-state index >= 15 is 0 Å².